The van der Waals surface area contributed by atoms with Crippen LogP contribution in [-0.4, -0.2) is 31.4 Å². The molecule has 4 nitrogen and oxygen atoms in total. The monoisotopic (exact) mass is 237 g/mol. The zero-order valence-electron chi connectivity index (χ0n) is 9.91. The van der Waals surface area contributed by atoms with E-state index in [0.29, 0.717) is 6.54 Å². The molecule has 2 N–H and O–H groups in total. The van der Waals surface area contributed by atoms with Gasteiger partial charge in [0.1, 0.15) is 0 Å². The molecule has 0 spiro atoms. The highest BCUT2D eigenvalue weighted by Gasteiger charge is 2.27. The van der Waals surface area contributed by atoms with Crippen LogP contribution in [0.5, 0.6) is 0 Å². The van der Waals surface area contributed by atoms with Crippen molar-refractivity contribution in [3.63, 3.8) is 0 Å². The topological polar surface area (TPSA) is 66.4 Å². The molecule has 0 rings (SSSR count). The molecule has 0 heterocycles. The summed E-state index contributed by atoms with van der Waals surface area (Å²) in [6, 6.07) is 0. The molecule has 0 saturated carbocycles. The number of sulfonamides is 1. The minimum atomic E-state index is -3.19. The van der Waals surface area contributed by atoms with Crippen LogP contribution in [0.3, 0.4) is 0 Å². The first-order valence-corrected chi connectivity index (χ1v) is 6.89. The number of nitrogens with one attached hydrogen (secondary N) is 1. The first-order valence-electron chi connectivity index (χ1n) is 5.41. The molecule has 0 fully saturated rings. The van der Waals surface area contributed by atoms with Crippen LogP contribution in [0.1, 0.15) is 46.5 Å². The van der Waals surface area contributed by atoms with Crippen molar-refractivity contribution in [3.8, 4) is 0 Å². The van der Waals surface area contributed by atoms with Gasteiger partial charge in [0.05, 0.1) is 4.75 Å². The Balaban J connectivity index is 3.69. The van der Waals surface area contributed by atoms with Crippen molar-refractivity contribution in [2.75, 3.05) is 13.2 Å². The first kappa shape index (κ1) is 14.9. The van der Waals surface area contributed by atoms with E-state index >= 15 is 0 Å². The van der Waals surface area contributed by atoms with Gasteiger partial charge in [-0.3, -0.25) is 0 Å². The number of unbranched alkanes of at least 4 members (excludes halogenated alkanes) is 3. The Morgan fingerprint density at radius 1 is 1.07 bits per heavy atom. The van der Waals surface area contributed by atoms with Gasteiger partial charge in [-0.25, -0.2) is 13.1 Å². The Kier molecular flexibility index (Phi) is 6.40. The molecule has 0 radical (unpaired) electrons. The Morgan fingerprint density at radius 3 is 2.07 bits per heavy atom. The van der Waals surface area contributed by atoms with E-state index in [-0.39, 0.29) is 6.61 Å². The summed E-state index contributed by atoms with van der Waals surface area (Å²) in [7, 11) is -3.19. The molecule has 0 saturated heterocycles. The lowest BCUT2D eigenvalue weighted by Gasteiger charge is -2.19. The van der Waals surface area contributed by atoms with Gasteiger partial charge >= 0.3 is 0 Å². The molecule has 0 aromatic carbocycles. The summed E-state index contributed by atoms with van der Waals surface area (Å²) < 4.78 is 25.0. The van der Waals surface area contributed by atoms with Crippen LogP contribution in [0.25, 0.3) is 0 Å². The zero-order chi connectivity index (χ0) is 11.9. The van der Waals surface area contributed by atoms with Gasteiger partial charge in [0, 0.05) is 13.2 Å². The lowest BCUT2D eigenvalue weighted by molar-refractivity contribution is 0.282. The number of aliphatic hydroxyl groups excluding tert-OH is 1. The Hall–Kier alpha value is -0.130. The second kappa shape index (κ2) is 6.45. The third kappa shape index (κ3) is 6.12. The Morgan fingerprint density at radius 2 is 1.60 bits per heavy atom. The quantitative estimate of drug-likeness (QED) is 0.655. The van der Waals surface area contributed by atoms with Gasteiger partial charge in [-0.1, -0.05) is 12.8 Å². The summed E-state index contributed by atoms with van der Waals surface area (Å²) in [5.41, 5.74) is 0. The molecule has 0 aromatic rings. The van der Waals surface area contributed by atoms with Crippen LogP contribution in [0.2, 0.25) is 0 Å². The van der Waals surface area contributed by atoms with Crippen molar-refractivity contribution in [1.82, 2.24) is 4.72 Å². The molecule has 0 atom stereocenters. The Labute approximate surface area is 93.1 Å². The third-order valence-electron chi connectivity index (χ3n) is 2.18. The first-order chi connectivity index (χ1) is 6.81. The van der Waals surface area contributed by atoms with Crippen molar-refractivity contribution >= 4 is 10.0 Å². The zero-order valence-corrected chi connectivity index (χ0v) is 10.7. The van der Waals surface area contributed by atoms with Crippen LogP contribution >= 0.6 is 0 Å². The largest absolute Gasteiger partial charge is 0.396 e. The number of hydrogen-bond donors (Lipinski definition) is 2. The van der Waals surface area contributed by atoms with Gasteiger partial charge < -0.3 is 5.11 Å². The predicted octanol–water partition coefficient (Wildman–Crippen LogP) is 1.26. The molecule has 0 amide bonds. The lowest BCUT2D eigenvalue weighted by atomic mass is 10.2. The highest BCUT2D eigenvalue weighted by Crippen LogP contribution is 2.12. The van der Waals surface area contributed by atoms with E-state index in [2.05, 4.69) is 4.72 Å². The van der Waals surface area contributed by atoms with Gasteiger partial charge in [0.25, 0.3) is 0 Å². The van der Waals surface area contributed by atoms with Gasteiger partial charge in [-0.2, -0.15) is 0 Å². The molecule has 0 bridgehead atoms. The summed E-state index contributed by atoms with van der Waals surface area (Å²) in [6.45, 7) is 5.75. The van der Waals surface area contributed by atoms with Gasteiger partial charge in [-0.15, -0.1) is 0 Å². The maximum absolute atomic E-state index is 11.6. The number of aliphatic hydroxyl groups is 1. The van der Waals surface area contributed by atoms with E-state index < -0.39 is 14.8 Å². The van der Waals surface area contributed by atoms with E-state index in [1.807, 2.05) is 0 Å². The fourth-order valence-electron chi connectivity index (χ4n) is 1.01. The molecule has 92 valence electrons. The predicted molar refractivity (Wildman–Crippen MR) is 62.2 cm³/mol. The van der Waals surface area contributed by atoms with E-state index in [1.54, 1.807) is 20.8 Å². The van der Waals surface area contributed by atoms with Gasteiger partial charge in [0.15, 0.2) is 0 Å². The molecule has 0 aliphatic carbocycles. The van der Waals surface area contributed by atoms with Crippen LogP contribution < -0.4 is 4.72 Å². The van der Waals surface area contributed by atoms with E-state index in [4.69, 9.17) is 5.11 Å². The smallest absolute Gasteiger partial charge is 0.216 e. The highest BCUT2D eigenvalue weighted by atomic mass is 32.2. The van der Waals surface area contributed by atoms with Crippen molar-refractivity contribution in [3.05, 3.63) is 0 Å². The maximum Gasteiger partial charge on any atom is 0.216 e. The third-order valence-corrected chi connectivity index (χ3v) is 4.38. The Bertz CT molecular complexity index is 254. The van der Waals surface area contributed by atoms with Crippen molar-refractivity contribution < 1.29 is 13.5 Å². The van der Waals surface area contributed by atoms with E-state index in [9.17, 15) is 8.42 Å². The van der Waals surface area contributed by atoms with Crippen LogP contribution in [-0.2, 0) is 10.0 Å². The SMILES string of the molecule is CC(C)(C)S(=O)(=O)NCCCCCCO. The summed E-state index contributed by atoms with van der Waals surface area (Å²) in [5.74, 6) is 0. The molecule has 15 heavy (non-hydrogen) atoms. The van der Waals surface area contributed by atoms with Gasteiger partial charge in [0.2, 0.25) is 10.0 Å². The second-order valence-corrected chi connectivity index (χ2v) is 7.17. The standard InChI is InChI=1S/C10H23NO3S/c1-10(2,3)15(13,14)11-8-6-4-5-7-9-12/h11-12H,4-9H2,1-3H3. The van der Waals surface area contributed by atoms with E-state index in [1.165, 1.54) is 0 Å². The second-order valence-electron chi connectivity index (χ2n) is 4.65. The molecule has 0 aromatic heterocycles. The van der Waals surface area contributed by atoms with Crippen molar-refractivity contribution in [2.24, 2.45) is 0 Å². The average molecular weight is 237 g/mol. The molecule has 5 heteroatoms. The molecular weight excluding hydrogens is 214 g/mol. The molecule has 0 aliphatic heterocycles. The van der Waals surface area contributed by atoms with Gasteiger partial charge in [-0.05, 0) is 33.6 Å². The number of rotatable bonds is 7. The van der Waals surface area contributed by atoms with Crippen LogP contribution in [0, 0.1) is 0 Å². The van der Waals surface area contributed by atoms with Crippen LogP contribution in [0.15, 0.2) is 0 Å². The lowest BCUT2D eigenvalue weighted by Crippen LogP contribution is -2.39. The highest BCUT2D eigenvalue weighted by molar-refractivity contribution is 7.90. The fourth-order valence-corrected chi connectivity index (χ4v) is 1.86. The maximum atomic E-state index is 11.6. The number of hydrogen-bond acceptors (Lipinski definition) is 3. The van der Waals surface area contributed by atoms with Crippen molar-refractivity contribution in [2.45, 2.75) is 51.2 Å². The fraction of sp³-hybridized carbons (Fsp3) is 1.00. The minimum Gasteiger partial charge on any atom is -0.396 e. The summed E-state index contributed by atoms with van der Waals surface area (Å²) in [4.78, 5) is 0. The molecule has 0 unspecified atom stereocenters. The normalized spacial score (nSPS) is 13.1. The molecule has 0 aliphatic rings. The summed E-state index contributed by atoms with van der Waals surface area (Å²) >= 11 is 0. The minimum absolute atomic E-state index is 0.216. The van der Waals surface area contributed by atoms with Crippen molar-refractivity contribution in [1.29, 1.82) is 0 Å². The van der Waals surface area contributed by atoms with E-state index in [0.717, 1.165) is 25.7 Å². The summed E-state index contributed by atoms with van der Waals surface area (Å²) in [5, 5.41) is 8.55. The molecular formula is C10H23NO3S. The van der Waals surface area contributed by atoms with Crippen LogP contribution in [0.4, 0.5) is 0 Å². The average Bonchev–Trinajstić information content (AvgIpc) is 2.09. The summed E-state index contributed by atoms with van der Waals surface area (Å²) in [6.07, 6.45) is 3.53.